The van der Waals surface area contributed by atoms with Gasteiger partial charge in [0.15, 0.2) is 0 Å². The number of piperidine rings is 1. The van der Waals surface area contributed by atoms with Crippen molar-refractivity contribution in [3.8, 4) is 0 Å². The molecule has 3 heterocycles. The van der Waals surface area contributed by atoms with E-state index in [1.807, 2.05) is 24.1 Å². The van der Waals surface area contributed by atoms with Crippen molar-refractivity contribution < 1.29 is 13.9 Å². The topological polar surface area (TPSA) is 91.4 Å². The Morgan fingerprint density at radius 3 is 2.65 bits per heavy atom. The minimum Gasteiger partial charge on any atom is -0.358 e. The second-order valence-corrected chi connectivity index (χ2v) is 9.74. The fourth-order valence-electron chi connectivity index (χ4n) is 4.79. The molecule has 2 aliphatic rings. The number of para-hydroxylation sites is 1. The molecule has 0 aliphatic carbocycles. The highest BCUT2D eigenvalue weighted by Crippen LogP contribution is 2.30. The Kier molecular flexibility index (Phi) is 7.83. The fraction of sp³-hybridized carbons (Fsp3) is 0.370. The molecule has 1 unspecified atom stereocenters. The molecule has 2 saturated heterocycles. The lowest BCUT2D eigenvalue weighted by molar-refractivity contribution is 0.102. The van der Waals surface area contributed by atoms with Crippen LogP contribution in [-0.4, -0.2) is 48.8 Å². The van der Waals surface area contributed by atoms with Crippen molar-refractivity contribution >= 4 is 40.6 Å². The summed E-state index contributed by atoms with van der Waals surface area (Å²) in [5, 5.41) is 9.31. The van der Waals surface area contributed by atoms with Gasteiger partial charge < -0.3 is 25.6 Å². The van der Waals surface area contributed by atoms with Gasteiger partial charge in [0.2, 0.25) is 5.95 Å². The van der Waals surface area contributed by atoms with Crippen LogP contribution < -0.4 is 20.9 Å². The number of aromatic nitrogens is 2. The van der Waals surface area contributed by atoms with Gasteiger partial charge in [-0.1, -0.05) is 29.8 Å². The first kappa shape index (κ1) is 25.4. The lowest BCUT2D eigenvalue weighted by atomic mass is 9.90. The maximum absolute atomic E-state index is 14.3. The van der Waals surface area contributed by atoms with E-state index in [0.29, 0.717) is 24.3 Å². The number of amides is 1. The molecule has 1 amide bonds. The standard InChI is InChI=1S/C27H30ClFN6O2/c1-35(23-6-3-15-37-23)25-20(26(36)33-24-21(28)4-2-5-22(24)29)16-31-27(34-25)32-19-9-7-17(8-10-19)18-11-13-30-14-12-18/h2,4-5,7-10,16,18,23,30H,3,6,11-15H2,1H3,(H,33,36)(H,31,32,34). The molecular weight excluding hydrogens is 495 g/mol. The van der Waals surface area contributed by atoms with E-state index in [2.05, 4.69) is 38.1 Å². The number of hydrogen-bond acceptors (Lipinski definition) is 7. The van der Waals surface area contributed by atoms with Gasteiger partial charge in [0.1, 0.15) is 23.4 Å². The Hall–Kier alpha value is -3.27. The van der Waals surface area contributed by atoms with Gasteiger partial charge in [0.05, 0.1) is 10.7 Å². The summed E-state index contributed by atoms with van der Waals surface area (Å²) in [4.78, 5) is 24.1. The van der Waals surface area contributed by atoms with E-state index in [-0.39, 0.29) is 22.5 Å². The van der Waals surface area contributed by atoms with Crippen LogP contribution in [0.2, 0.25) is 5.02 Å². The van der Waals surface area contributed by atoms with Crippen LogP contribution in [0, 0.1) is 5.82 Å². The van der Waals surface area contributed by atoms with Crippen molar-refractivity contribution in [3.05, 3.63) is 70.6 Å². The molecule has 2 fully saturated rings. The molecule has 194 valence electrons. The van der Waals surface area contributed by atoms with Crippen LogP contribution in [0.1, 0.15) is 47.5 Å². The molecule has 0 saturated carbocycles. The van der Waals surface area contributed by atoms with Crippen molar-refractivity contribution in [2.45, 2.75) is 37.8 Å². The molecule has 3 aromatic rings. The highest BCUT2D eigenvalue weighted by molar-refractivity contribution is 6.34. The highest BCUT2D eigenvalue weighted by atomic mass is 35.5. The quantitative estimate of drug-likeness (QED) is 0.386. The van der Waals surface area contributed by atoms with Crippen molar-refractivity contribution in [1.82, 2.24) is 15.3 Å². The van der Waals surface area contributed by atoms with Gasteiger partial charge in [-0.25, -0.2) is 9.37 Å². The summed E-state index contributed by atoms with van der Waals surface area (Å²) >= 11 is 6.11. The summed E-state index contributed by atoms with van der Waals surface area (Å²) < 4.78 is 20.1. The van der Waals surface area contributed by atoms with Crippen LogP contribution in [-0.2, 0) is 4.74 Å². The van der Waals surface area contributed by atoms with Crippen LogP contribution in [0.25, 0.3) is 0 Å². The lowest BCUT2D eigenvalue weighted by Gasteiger charge is -2.26. The number of benzene rings is 2. The van der Waals surface area contributed by atoms with E-state index in [0.717, 1.165) is 44.5 Å². The van der Waals surface area contributed by atoms with Crippen molar-refractivity contribution in [2.75, 3.05) is 42.3 Å². The average molecular weight is 525 g/mol. The number of carbonyl (C=O) groups is 1. The summed E-state index contributed by atoms with van der Waals surface area (Å²) in [6.07, 6.45) is 5.20. The predicted molar refractivity (Wildman–Crippen MR) is 143 cm³/mol. The molecule has 0 bridgehead atoms. The second-order valence-electron chi connectivity index (χ2n) is 9.33. The third kappa shape index (κ3) is 5.84. The Morgan fingerprint density at radius 2 is 1.95 bits per heavy atom. The van der Waals surface area contributed by atoms with E-state index in [1.54, 1.807) is 0 Å². The SMILES string of the molecule is CN(c1nc(Nc2ccc(C3CCNCC3)cc2)ncc1C(=O)Nc1c(F)cccc1Cl)C1CCCO1. The first-order valence-electron chi connectivity index (χ1n) is 12.5. The first-order chi connectivity index (χ1) is 18.0. The Morgan fingerprint density at radius 1 is 1.16 bits per heavy atom. The summed E-state index contributed by atoms with van der Waals surface area (Å²) in [6, 6.07) is 12.5. The predicted octanol–water partition coefficient (Wildman–Crippen LogP) is 5.30. The van der Waals surface area contributed by atoms with Crippen LogP contribution >= 0.6 is 11.6 Å². The molecular formula is C27H30ClFN6O2. The number of carbonyl (C=O) groups excluding carboxylic acids is 1. The zero-order valence-corrected chi connectivity index (χ0v) is 21.4. The highest BCUT2D eigenvalue weighted by Gasteiger charge is 2.27. The van der Waals surface area contributed by atoms with E-state index in [9.17, 15) is 9.18 Å². The molecule has 8 nitrogen and oxygen atoms in total. The van der Waals surface area contributed by atoms with Gasteiger partial charge in [0.25, 0.3) is 5.91 Å². The molecule has 2 aliphatic heterocycles. The number of ether oxygens (including phenoxy) is 1. The van der Waals surface area contributed by atoms with Gasteiger partial charge in [0, 0.05) is 25.5 Å². The maximum atomic E-state index is 14.3. The Balaban J connectivity index is 1.39. The minimum atomic E-state index is -0.623. The lowest BCUT2D eigenvalue weighted by Crippen LogP contribution is -2.33. The monoisotopic (exact) mass is 524 g/mol. The van der Waals surface area contributed by atoms with Gasteiger partial charge in [-0.2, -0.15) is 4.98 Å². The third-order valence-electron chi connectivity index (χ3n) is 6.86. The smallest absolute Gasteiger partial charge is 0.261 e. The Labute approximate surface area is 220 Å². The van der Waals surface area contributed by atoms with Crippen molar-refractivity contribution in [3.63, 3.8) is 0 Å². The van der Waals surface area contributed by atoms with E-state index < -0.39 is 11.7 Å². The zero-order valence-electron chi connectivity index (χ0n) is 20.6. The molecule has 37 heavy (non-hydrogen) atoms. The molecule has 1 atom stereocenters. The number of hydrogen-bond donors (Lipinski definition) is 3. The molecule has 0 radical (unpaired) electrons. The third-order valence-corrected chi connectivity index (χ3v) is 7.18. The normalized spacial score (nSPS) is 18.0. The largest absolute Gasteiger partial charge is 0.358 e. The number of anilines is 4. The maximum Gasteiger partial charge on any atom is 0.261 e. The van der Waals surface area contributed by atoms with Crippen molar-refractivity contribution in [2.24, 2.45) is 0 Å². The van der Waals surface area contributed by atoms with Crippen LogP contribution in [0.4, 0.5) is 27.5 Å². The summed E-state index contributed by atoms with van der Waals surface area (Å²) in [5.74, 6) is 0.0985. The first-order valence-corrected chi connectivity index (χ1v) is 12.9. The van der Waals surface area contributed by atoms with Crippen LogP contribution in [0.15, 0.2) is 48.7 Å². The van der Waals surface area contributed by atoms with Gasteiger partial charge in [-0.15, -0.1) is 0 Å². The molecule has 0 spiro atoms. The molecule has 10 heteroatoms. The van der Waals surface area contributed by atoms with E-state index in [4.69, 9.17) is 16.3 Å². The Bertz CT molecular complexity index is 1230. The van der Waals surface area contributed by atoms with Crippen molar-refractivity contribution in [1.29, 1.82) is 0 Å². The second kappa shape index (κ2) is 11.4. The van der Waals surface area contributed by atoms with Gasteiger partial charge in [-0.05, 0) is 74.5 Å². The molecule has 3 N–H and O–H groups in total. The summed E-state index contributed by atoms with van der Waals surface area (Å²) in [6.45, 7) is 2.73. The minimum absolute atomic E-state index is 0.0871. The molecule has 5 rings (SSSR count). The number of nitrogens with zero attached hydrogens (tertiary/aromatic N) is 3. The fourth-order valence-corrected chi connectivity index (χ4v) is 5.00. The van der Waals surface area contributed by atoms with Gasteiger partial charge in [-0.3, -0.25) is 4.79 Å². The summed E-state index contributed by atoms with van der Waals surface area (Å²) in [5.41, 5.74) is 2.27. The van der Waals surface area contributed by atoms with E-state index >= 15 is 0 Å². The zero-order chi connectivity index (χ0) is 25.8. The van der Waals surface area contributed by atoms with Gasteiger partial charge >= 0.3 is 0 Å². The number of halogens is 2. The summed E-state index contributed by atoms with van der Waals surface area (Å²) in [7, 11) is 1.82. The van der Waals surface area contributed by atoms with Crippen LogP contribution in [0.3, 0.4) is 0 Å². The van der Waals surface area contributed by atoms with Crippen LogP contribution in [0.5, 0.6) is 0 Å². The number of rotatable bonds is 7. The number of nitrogens with one attached hydrogen (secondary N) is 3. The molecule has 2 aromatic carbocycles. The van der Waals surface area contributed by atoms with E-state index in [1.165, 1.54) is 30.0 Å². The molecule has 1 aromatic heterocycles. The average Bonchev–Trinajstić information content (AvgIpc) is 3.46.